The molecule has 0 bridgehead atoms. The predicted molar refractivity (Wildman–Crippen MR) is 212 cm³/mol. The summed E-state index contributed by atoms with van der Waals surface area (Å²) >= 11 is 0. The third-order valence-corrected chi connectivity index (χ3v) is 17.7. The Morgan fingerprint density at radius 1 is 0.298 bits per heavy atom. The van der Waals surface area contributed by atoms with Crippen molar-refractivity contribution in [2.75, 3.05) is 18.5 Å². The van der Waals surface area contributed by atoms with Crippen molar-refractivity contribution in [3.63, 3.8) is 0 Å². The van der Waals surface area contributed by atoms with Crippen molar-refractivity contribution in [2.24, 2.45) is 17.8 Å². The van der Waals surface area contributed by atoms with Crippen LogP contribution in [-0.2, 0) is 0 Å². The fourth-order valence-corrected chi connectivity index (χ4v) is 15.4. The molecule has 6 aromatic rings. The molecule has 2 unspecified atom stereocenters. The Morgan fingerprint density at radius 2 is 0.511 bits per heavy atom. The van der Waals surface area contributed by atoms with Gasteiger partial charge in [0.1, 0.15) is 0 Å². The summed E-state index contributed by atoms with van der Waals surface area (Å²) in [7, 11) is -1.28. The van der Waals surface area contributed by atoms with Crippen LogP contribution in [0, 0.1) is 17.8 Å². The number of rotatable bonds is 12. The second-order valence-electron chi connectivity index (χ2n) is 12.7. The monoisotopic (exact) mass is 664 g/mol. The molecule has 47 heavy (non-hydrogen) atoms. The van der Waals surface area contributed by atoms with Gasteiger partial charge < -0.3 is 0 Å². The van der Waals surface area contributed by atoms with Crippen LogP contribution in [0.25, 0.3) is 0 Å². The van der Waals surface area contributed by atoms with Crippen molar-refractivity contribution in [3.05, 3.63) is 182 Å². The molecule has 1 aliphatic rings. The summed E-state index contributed by atoms with van der Waals surface area (Å²) in [6.45, 7) is 0. The summed E-state index contributed by atoms with van der Waals surface area (Å²) in [5.41, 5.74) is 0. The van der Waals surface area contributed by atoms with Gasteiger partial charge in [-0.2, -0.15) is 0 Å². The Balaban J connectivity index is 1.23. The highest BCUT2D eigenvalue weighted by molar-refractivity contribution is 7.73. The van der Waals surface area contributed by atoms with Crippen LogP contribution in [-0.4, -0.2) is 18.5 Å². The standard InChI is InChI=1S/C44H43P3/c1-7-19-39(20-8-1)45(40-21-9-2-10-22-40)33-36-31-37(34-46(41-23-11-3-12-24-41)42-25-13-4-14-26-42)38(32-36)35-47(43-27-15-5-16-28-43)44-29-17-6-18-30-44/h1-30,36-38H,31-35H2. The molecule has 1 aliphatic carbocycles. The van der Waals surface area contributed by atoms with Crippen LogP contribution in [0.3, 0.4) is 0 Å². The summed E-state index contributed by atoms with van der Waals surface area (Å²) in [5.74, 6) is 2.13. The predicted octanol–water partition coefficient (Wildman–Crippen LogP) is 9.03. The quantitative estimate of drug-likeness (QED) is 0.115. The van der Waals surface area contributed by atoms with E-state index in [-0.39, 0.29) is 0 Å². The first-order valence-corrected chi connectivity index (χ1v) is 21.5. The van der Waals surface area contributed by atoms with Crippen molar-refractivity contribution in [1.82, 2.24) is 0 Å². The number of hydrogen-bond donors (Lipinski definition) is 0. The summed E-state index contributed by atoms with van der Waals surface area (Å²) in [6.07, 6.45) is 6.47. The van der Waals surface area contributed by atoms with E-state index in [0.29, 0.717) is 11.8 Å². The van der Waals surface area contributed by atoms with Crippen LogP contribution in [0.1, 0.15) is 12.8 Å². The average Bonchev–Trinajstić information content (AvgIpc) is 3.54. The molecule has 0 amide bonds. The Morgan fingerprint density at radius 3 is 0.745 bits per heavy atom. The zero-order chi connectivity index (χ0) is 31.7. The van der Waals surface area contributed by atoms with E-state index in [2.05, 4.69) is 182 Å². The lowest BCUT2D eigenvalue weighted by atomic mass is 10.0. The highest BCUT2D eigenvalue weighted by atomic mass is 31.1. The van der Waals surface area contributed by atoms with Crippen LogP contribution in [0.4, 0.5) is 0 Å². The van der Waals surface area contributed by atoms with Gasteiger partial charge in [-0.05, 0) is 105 Å². The molecule has 0 aromatic heterocycles. The van der Waals surface area contributed by atoms with Crippen LogP contribution in [0.5, 0.6) is 0 Å². The summed E-state index contributed by atoms with van der Waals surface area (Å²) in [6, 6.07) is 68.3. The molecule has 0 radical (unpaired) electrons. The molecule has 0 aliphatic heterocycles. The van der Waals surface area contributed by atoms with E-state index in [0.717, 1.165) is 5.92 Å². The first-order chi connectivity index (χ1) is 23.3. The van der Waals surface area contributed by atoms with Crippen molar-refractivity contribution in [3.8, 4) is 0 Å². The molecule has 234 valence electrons. The van der Waals surface area contributed by atoms with Crippen LogP contribution in [0.2, 0.25) is 0 Å². The maximum atomic E-state index is 2.38. The lowest BCUT2D eigenvalue weighted by molar-refractivity contribution is 0.469. The summed E-state index contributed by atoms with van der Waals surface area (Å²) < 4.78 is 0. The van der Waals surface area contributed by atoms with E-state index < -0.39 is 23.8 Å². The maximum absolute atomic E-state index is 2.38. The van der Waals surface area contributed by atoms with Crippen molar-refractivity contribution < 1.29 is 0 Å². The molecular formula is C44H43P3. The Kier molecular flexibility index (Phi) is 11.0. The van der Waals surface area contributed by atoms with E-state index >= 15 is 0 Å². The molecule has 7 rings (SSSR count). The van der Waals surface area contributed by atoms with E-state index in [4.69, 9.17) is 0 Å². The smallest absolute Gasteiger partial charge is 0.0195 e. The van der Waals surface area contributed by atoms with Crippen molar-refractivity contribution in [1.29, 1.82) is 0 Å². The third kappa shape index (κ3) is 8.19. The molecule has 3 heteroatoms. The maximum Gasteiger partial charge on any atom is -0.0195 e. The fraction of sp³-hybridized carbons (Fsp3) is 0.182. The molecular weight excluding hydrogens is 621 g/mol. The topological polar surface area (TPSA) is 0 Å². The van der Waals surface area contributed by atoms with Crippen LogP contribution >= 0.6 is 23.8 Å². The van der Waals surface area contributed by atoms with Gasteiger partial charge in [-0.15, -0.1) is 0 Å². The van der Waals surface area contributed by atoms with Crippen molar-refractivity contribution >= 4 is 55.6 Å². The summed E-state index contributed by atoms with van der Waals surface area (Å²) in [5, 5.41) is 9.08. The van der Waals surface area contributed by atoms with Crippen LogP contribution < -0.4 is 31.8 Å². The van der Waals surface area contributed by atoms with Gasteiger partial charge in [0.15, 0.2) is 0 Å². The zero-order valence-electron chi connectivity index (χ0n) is 26.9. The normalized spacial score (nSPS) is 17.8. The molecule has 0 spiro atoms. The SMILES string of the molecule is c1ccc(P(CC2CC(CP(c3ccccc3)c3ccccc3)C(CP(c3ccccc3)c3ccccc3)C2)c2ccccc2)cc1. The molecule has 0 nitrogen and oxygen atoms in total. The van der Waals surface area contributed by atoms with Crippen molar-refractivity contribution in [2.45, 2.75) is 12.8 Å². The van der Waals surface area contributed by atoms with E-state index in [1.165, 1.54) is 63.2 Å². The molecule has 6 aromatic carbocycles. The first-order valence-electron chi connectivity index (χ1n) is 16.9. The molecule has 1 saturated carbocycles. The van der Waals surface area contributed by atoms with Gasteiger partial charge in [-0.1, -0.05) is 182 Å². The second-order valence-corrected chi connectivity index (χ2v) is 19.5. The largest absolute Gasteiger partial charge is 0.0622 e. The van der Waals surface area contributed by atoms with Crippen LogP contribution in [0.15, 0.2) is 182 Å². The highest BCUT2D eigenvalue weighted by Crippen LogP contribution is 2.52. The van der Waals surface area contributed by atoms with Gasteiger partial charge in [0.2, 0.25) is 0 Å². The fourth-order valence-electron chi connectivity index (χ4n) is 7.39. The van der Waals surface area contributed by atoms with Gasteiger partial charge >= 0.3 is 0 Å². The Hall–Kier alpha value is -3.39. The zero-order valence-corrected chi connectivity index (χ0v) is 29.6. The highest BCUT2D eigenvalue weighted by Gasteiger charge is 2.39. The van der Waals surface area contributed by atoms with Gasteiger partial charge in [0, 0.05) is 0 Å². The van der Waals surface area contributed by atoms with Gasteiger partial charge in [-0.3, -0.25) is 0 Å². The minimum absolute atomic E-state index is 0.405. The van der Waals surface area contributed by atoms with E-state index in [9.17, 15) is 0 Å². The minimum Gasteiger partial charge on any atom is -0.0622 e. The molecule has 0 heterocycles. The second kappa shape index (κ2) is 16.1. The molecule has 1 fully saturated rings. The summed E-state index contributed by atoms with van der Waals surface area (Å²) in [4.78, 5) is 0. The molecule has 0 saturated heterocycles. The van der Waals surface area contributed by atoms with Gasteiger partial charge in [0.05, 0.1) is 0 Å². The first kappa shape index (κ1) is 32.2. The lowest BCUT2D eigenvalue weighted by Crippen LogP contribution is -2.24. The number of hydrogen-bond acceptors (Lipinski definition) is 0. The Bertz CT molecular complexity index is 1550. The molecule has 2 atom stereocenters. The minimum atomic E-state index is -0.437. The van der Waals surface area contributed by atoms with Gasteiger partial charge in [0.25, 0.3) is 0 Å². The van der Waals surface area contributed by atoms with Gasteiger partial charge in [-0.25, -0.2) is 0 Å². The molecule has 0 N–H and O–H groups in total. The lowest BCUT2D eigenvalue weighted by Gasteiger charge is -2.29. The van der Waals surface area contributed by atoms with E-state index in [1.807, 2.05) is 0 Å². The van der Waals surface area contributed by atoms with E-state index in [1.54, 1.807) is 0 Å². The number of benzene rings is 6. The third-order valence-electron chi connectivity index (χ3n) is 9.62. The average molecular weight is 665 g/mol. The Labute approximate surface area is 285 Å².